The molecule has 0 aliphatic carbocycles. The summed E-state index contributed by atoms with van der Waals surface area (Å²) in [6, 6.07) is 12.2. The zero-order valence-electron chi connectivity index (χ0n) is 16.4. The SMILES string of the molecule is CC1=NN=C(Nc2nc([C@@H](c3ccc(F)cc3)N(C)C(=O)O)nc3ccccc23)C1. The van der Waals surface area contributed by atoms with E-state index in [0.29, 0.717) is 29.2 Å². The van der Waals surface area contributed by atoms with Gasteiger partial charge in [-0.1, -0.05) is 24.3 Å². The fourth-order valence-electron chi connectivity index (χ4n) is 3.28. The van der Waals surface area contributed by atoms with Crippen LogP contribution in [0.25, 0.3) is 10.9 Å². The molecule has 1 aliphatic heterocycles. The van der Waals surface area contributed by atoms with Gasteiger partial charge in [0.05, 0.1) is 5.52 Å². The van der Waals surface area contributed by atoms with Gasteiger partial charge in [0.1, 0.15) is 23.5 Å². The van der Waals surface area contributed by atoms with E-state index in [1.165, 1.54) is 31.3 Å². The van der Waals surface area contributed by atoms with Crippen LogP contribution in [0.3, 0.4) is 0 Å². The topological polar surface area (TPSA) is 103 Å². The number of amides is 1. The molecule has 2 aromatic carbocycles. The molecule has 0 spiro atoms. The summed E-state index contributed by atoms with van der Waals surface area (Å²) in [5, 5.41) is 21.7. The number of carbonyl (C=O) groups is 1. The van der Waals surface area contributed by atoms with Crippen molar-refractivity contribution in [1.82, 2.24) is 14.9 Å². The highest BCUT2D eigenvalue weighted by Crippen LogP contribution is 2.30. The number of rotatable bonds is 4. The number of benzene rings is 2. The lowest BCUT2D eigenvalue weighted by Crippen LogP contribution is -2.32. The van der Waals surface area contributed by atoms with Gasteiger partial charge in [0, 0.05) is 24.6 Å². The van der Waals surface area contributed by atoms with Gasteiger partial charge in [-0.2, -0.15) is 5.10 Å². The summed E-state index contributed by atoms with van der Waals surface area (Å²) in [5.41, 5.74) is 2.08. The van der Waals surface area contributed by atoms with Gasteiger partial charge in [-0.05, 0) is 36.8 Å². The molecule has 0 saturated heterocycles. The van der Waals surface area contributed by atoms with Crippen LogP contribution in [-0.2, 0) is 0 Å². The number of anilines is 1. The van der Waals surface area contributed by atoms with Crippen LogP contribution in [0, 0.1) is 5.82 Å². The van der Waals surface area contributed by atoms with E-state index in [2.05, 4.69) is 25.5 Å². The maximum atomic E-state index is 13.4. The van der Waals surface area contributed by atoms with E-state index in [0.717, 1.165) is 16.0 Å². The smallest absolute Gasteiger partial charge is 0.407 e. The van der Waals surface area contributed by atoms with Crippen LogP contribution in [-0.4, -0.2) is 44.7 Å². The van der Waals surface area contributed by atoms with Crippen LogP contribution in [0.2, 0.25) is 0 Å². The lowest BCUT2D eigenvalue weighted by atomic mass is 10.0. The van der Waals surface area contributed by atoms with Gasteiger partial charge >= 0.3 is 6.09 Å². The summed E-state index contributed by atoms with van der Waals surface area (Å²) in [6.07, 6.45) is -0.579. The van der Waals surface area contributed by atoms with E-state index in [1.54, 1.807) is 0 Å². The molecule has 9 heteroatoms. The lowest BCUT2D eigenvalue weighted by Gasteiger charge is -2.25. The molecular formula is C21H19FN6O2. The van der Waals surface area contributed by atoms with Crippen molar-refractivity contribution in [3.63, 3.8) is 0 Å². The molecule has 2 N–H and O–H groups in total. The summed E-state index contributed by atoms with van der Waals surface area (Å²) in [4.78, 5) is 22.1. The van der Waals surface area contributed by atoms with Crippen LogP contribution in [0.4, 0.5) is 15.0 Å². The second-order valence-electron chi connectivity index (χ2n) is 6.98. The fraction of sp³-hybridized carbons (Fsp3) is 0.190. The fourth-order valence-corrected chi connectivity index (χ4v) is 3.28. The number of para-hydroxylation sites is 1. The van der Waals surface area contributed by atoms with Gasteiger partial charge in [-0.25, -0.2) is 19.2 Å². The number of fused-ring (bicyclic) bond motifs is 1. The van der Waals surface area contributed by atoms with Crippen molar-refractivity contribution in [1.29, 1.82) is 0 Å². The summed E-state index contributed by atoms with van der Waals surface area (Å²) in [5.74, 6) is 1.01. The average molecular weight is 406 g/mol. The zero-order chi connectivity index (χ0) is 21.3. The molecule has 1 amide bonds. The monoisotopic (exact) mass is 406 g/mol. The summed E-state index contributed by atoms with van der Waals surface area (Å²) >= 11 is 0. The number of nitrogens with zero attached hydrogens (tertiary/aromatic N) is 5. The van der Waals surface area contributed by atoms with Gasteiger partial charge in [-0.3, -0.25) is 4.90 Å². The first-order valence-corrected chi connectivity index (χ1v) is 9.27. The molecule has 3 aromatic rings. The van der Waals surface area contributed by atoms with Crippen LogP contribution < -0.4 is 5.32 Å². The minimum absolute atomic E-state index is 0.268. The number of nitrogens with one attached hydrogen (secondary N) is 1. The molecule has 2 heterocycles. The third-order valence-electron chi connectivity index (χ3n) is 4.77. The van der Waals surface area contributed by atoms with Crippen molar-refractivity contribution in [2.45, 2.75) is 19.4 Å². The number of aromatic nitrogens is 2. The van der Waals surface area contributed by atoms with Crippen LogP contribution in [0.5, 0.6) is 0 Å². The second kappa shape index (κ2) is 7.86. The quantitative estimate of drug-likeness (QED) is 0.680. The summed E-state index contributed by atoms with van der Waals surface area (Å²) < 4.78 is 13.4. The second-order valence-corrected chi connectivity index (χ2v) is 6.98. The van der Waals surface area contributed by atoms with E-state index in [-0.39, 0.29) is 5.82 Å². The molecule has 1 atom stereocenters. The van der Waals surface area contributed by atoms with Crippen LogP contribution in [0.1, 0.15) is 30.8 Å². The highest BCUT2D eigenvalue weighted by Gasteiger charge is 2.27. The molecule has 1 aliphatic rings. The van der Waals surface area contributed by atoms with Gasteiger partial charge < -0.3 is 10.4 Å². The minimum atomic E-state index is -1.15. The Morgan fingerprint density at radius 2 is 1.87 bits per heavy atom. The Morgan fingerprint density at radius 1 is 1.13 bits per heavy atom. The number of carboxylic acid groups (broad SMARTS) is 1. The standard InChI is InChI=1S/C21H19FN6O2/c1-12-11-17(27-26-12)24-19-15-5-3-4-6-16(15)23-20(25-19)18(28(2)21(29)30)13-7-9-14(22)10-8-13/h3-10,18H,11H2,1-2H3,(H,29,30)(H,23,24,25,27)/t18-/m1/s1. The normalized spacial score (nSPS) is 14.2. The number of amidine groups is 1. The third-order valence-corrected chi connectivity index (χ3v) is 4.77. The van der Waals surface area contributed by atoms with Gasteiger partial charge in [0.15, 0.2) is 5.82 Å². The summed E-state index contributed by atoms with van der Waals surface area (Å²) in [6.45, 7) is 1.88. The van der Waals surface area contributed by atoms with Gasteiger partial charge in [-0.15, -0.1) is 5.10 Å². The Bertz CT molecular complexity index is 1180. The molecule has 0 unspecified atom stereocenters. The molecule has 1 aromatic heterocycles. The van der Waals surface area contributed by atoms with Crippen molar-refractivity contribution >= 4 is 34.4 Å². The molecule has 4 rings (SSSR count). The number of hydrogen-bond acceptors (Lipinski definition) is 6. The first-order chi connectivity index (χ1) is 14.4. The van der Waals surface area contributed by atoms with Crippen molar-refractivity contribution in [3.05, 3.63) is 65.7 Å². The van der Waals surface area contributed by atoms with E-state index in [1.807, 2.05) is 31.2 Å². The van der Waals surface area contributed by atoms with E-state index in [9.17, 15) is 14.3 Å². The predicted octanol–water partition coefficient (Wildman–Crippen LogP) is 4.06. The molecule has 0 fully saturated rings. The largest absolute Gasteiger partial charge is 0.465 e. The van der Waals surface area contributed by atoms with Crippen LogP contribution in [0.15, 0.2) is 58.7 Å². The summed E-state index contributed by atoms with van der Waals surface area (Å²) in [7, 11) is 1.43. The first-order valence-electron chi connectivity index (χ1n) is 9.27. The van der Waals surface area contributed by atoms with Crippen molar-refractivity contribution < 1.29 is 14.3 Å². The number of halogens is 1. The zero-order valence-corrected chi connectivity index (χ0v) is 16.4. The van der Waals surface area contributed by atoms with Gasteiger partial charge in [0.25, 0.3) is 0 Å². The van der Waals surface area contributed by atoms with E-state index >= 15 is 0 Å². The van der Waals surface area contributed by atoms with Crippen molar-refractivity contribution in [3.8, 4) is 0 Å². The van der Waals surface area contributed by atoms with E-state index in [4.69, 9.17) is 0 Å². The average Bonchev–Trinajstić information content (AvgIpc) is 3.14. The molecule has 30 heavy (non-hydrogen) atoms. The minimum Gasteiger partial charge on any atom is -0.465 e. The maximum Gasteiger partial charge on any atom is 0.407 e. The molecular weight excluding hydrogens is 387 g/mol. The Labute approximate surface area is 171 Å². The van der Waals surface area contributed by atoms with Crippen molar-refractivity contribution in [2.75, 3.05) is 12.4 Å². The predicted molar refractivity (Wildman–Crippen MR) is 112 cm³/mol. The Hall–Kier alpha value is -3.88. The highest BCUT2D eigenvalue weighted by atomic mass is 19.1. The molecule has 0 bridgehead atoms. The third kappa shape index (κ3) is 3.82. The highest BCUT2D eigenvalue weighted by molar-refractivity contribution is 6.12. The molecule has 0 radical (unpaired) electrons. The van der Waals surface area contributed by atoms with Crippen LogP contribution >= 0.6 is 0 Å². The number of hydrogen-bond donors (Lipinski definition) is 2. The molecule has 8 nitrogen and oxygen atoms in total. The Balaban J connectivity index is 1.84. The maximum absolute atomic E-state index is 13.4. The Kier molecular flexibility index (Phi) is 5.09. The van der Waals surface area contributed by atoms with Gasteiger partial charge in [0.2, 0.25) is 0 Å². The molecule has 0 saturated carbocycles. The Morgan fingerprint density at radius 3 is 2.53 bits per heavy atom. The lowest BCUT2D eigenvalue weighted by molar-refractivity contribution is 0.144. The molecule has 152 valence electrons. The van der Waals surface area contributed by atoms with Crippen molar-refractivity contribution in [2.24, 2.45) is 10.2 Å². The first kappa shape index (κ1) is 19.4. The van der Waals surface area contributed by atoms with E-state index < -0.39 is 18.0 Å².